The molecule has 0 aromatic heterocycles. The van der Waals surface area contributed by atoms with E-state index >= 15 is 0 Å². The maximum absolute atomic E-state index is 14.3. The number of esters is 1. The lowest BCUT2D eigenvalue weighted by Gasteiger charge is -2.47. The number of hydrogen-bond acceptors (Lipinski definition) is 7. The van der Waals surface area contributed by atoms with Crippen molar-refractivity contribution in [3.63, 3.8) is 0 Å². The van der Waals surface area contributed by atoms with Crippen LogP contribution in [0.2, 0.25) is 0 Å². The van der Waals surface area contributed by atoms with Crippen molar-refractivity contribution in [1.82, 2.24) is 9.80 Å². The number of halogens is 1. The van der Waals surface area contributed by atoms with Crippen molar-refractivity contribution in [2.24, 2.45) is 5.92 Å². The molecule has 0 spiro atoms. The number of piperazine rings is 1. The van der Waals surface area contributed by atoms with E-state index < -0.39 is 0 Å². The second kappa shape index (κ2) is 12.4. The van der Waals surface area contributed by atoms with Crippen molar-refractivity contribution in [3.8, 4) is 11.5 Å². The Morgan fingerprint density at radius 1 is 0.972 bits per heavy atom. The van der Waals surface area contributed by atoms with Crippen LogP contribution in [-0.4, -0.2) is 82.4 Å². The average molecular weight is 500 g/mol. The van der Waals surface area contributed by atoms with Gasteiger partial charge >= 0.3 is 5.97 Å². The van der Waals surface area contributed by atoms with Gasteiger partial charge < -0.3 is 19.1 Å². The number of piperidine rings is 1. The van der Waals surface area contributed by atoms with Gasteiger partial charge in [-0.1, -0.05) is 24.3 Å². The molecule has 2 fully saturated rings. The minimum atomic E-state index is -0.164. The molecular weight excluding hydrogens is 461 g/mol. The zero-order valence-electron chi connectivity index (χ0n) is 21.6. The zero-order chi connectivity index (χ0) is 25.5. The maximum Gasteiger partial charge on any atom is 0.305 e. The molecule has 0 saturated carbocycles. The van der Waals surface area contributed by atoms with Crippen LogP contribution in [0.4, 0.5) is 10.1 Å². The third kappa shape index (κ3) is 6.10. The minimum absolute atomic E-state index is 0.162. The van der Waals surface area contributed by atoms with E-state index in [-0.39, 0.29) is 11.8 Å². The van der Waals surface area contributed by atoms with Crippen LogP contribution in [0, 0.1) is 11.7 Å². The molecule has 8 heteroatoms. The van der Waals surface area contributed by atoms with Crippen molar-refractivity contribution in [2.45, 2.75) is 31.8 Å². The Bertz CT molecular complexity index is 1010. The first-order valence-corrected chi connectivity index (χ1v) is 12.8. The van der Waals surface area contributed by atoms with Gasteiger partial charge in [0.1, 0.15) is 5.82 Å². The van der Waals surface area contributed by atoms with Crippen LogP contribution in [0.15, 0.2) is 42.5 Å². The first-order valence-electron chi connectivity index (χ1n) is 12.8. The van der Waals surface area contributed by atoms with Gasteiger partial charge in [0, 0.05) is 57.3 Å². The number of benzene rings is 2. The second-order valence-electron chi connectivity index (χ2n) is 9.59. The second-order valence-corrected chi connectivity index (χ2v) is 9.59. The summed E-state index contributed by atoms with van der Waals surface area (Å²) in [5.74, 6) is 1.53. The quantitative estimate of drug-likeness (QED) is 0.487. The van der Waals surface area contributed by atoms with Gasteiger partial charge in [-0.15, -0.1) is 0 Å². The number of likely N-dealkylation sites (tertiary alicyclic amines) is 1. The van der Waals surface area contributed by atoms with Gasteiger partial charge in [0.05, 0.1) is 27.0 Å². The highest BCUT2D eigenvalue weighted by Gasteiger charge is 2.35. The summed E-state index contributed by atoms with van der Waals surface area (Å²) in [6.07, 6.45) is 2.23. The van der Waals surface area contributed by atoms with Crippen LogP contribution in [0.25, 0.3) is 0 Å². The molecule has 0 bridgehead atoms. The summed E-state index contributed by atoms with van der Waals surface area (Å²) in [5, 5.41) is 0. The van der Waals surface area contributed by atoms with Crippen molar-refractivity contribution in [2.75, 3.05) is 65.5 Å². The summed E-state index contributed by atoms with van der Waals surface area (Å²) in [5.41, 5.74) is 1.78. The van der Waals surface area contributed by atoms with E-state index in [0.717, 1.165) is 75.7 Å². The standard InChI is InChI=1S/C28H38FN3O4/c1-34-26-10-6-7-22(28(26)36-3)20-30-14-13-24(21(19-30)11-12-27(33)35-2)31-15-17-32(18-16-31)25-9-5-4-8-23(25)29/h4-10,21,24H,11-20H2,1-3H3/t21-,24+/m1/s1. The molecule has 2 aliphatic rings. The van der Waals surface area contributed by atoms with E-state index in [1.54, 1.807) is 20.3 Å². The topological polar surface area (TPSA) is 54.5 Å². The molecule has 4 rings (SSSR count). The summed E-state index contributed by atoms with van der Waals surface area (Å²) >= 11 is 0. The van der Waals surface area contributed by atoms with Crippen LogP contribution in [0.5, 0.6) is 11.5 Å². The van der Waals surface area contributed by atoms with Crippen molar-refractivity contribution in [1.29, 1.82) is 0 Å². The Morgan fingerprint density at radius 3 is 2.44 bits per heavy atom. The molecule has 0 amide bonds. The van der Waals surface area contributed by atoms with Gasteiger partial charge in [0.2, 0.25) is 0 Å². The van der Waals surface area contributed by atoms with Gasteiger partial charge in [-0.05, 0) is 43.5 Å². The first-order chi connectivity index (χ1) is 17.5. The summed E-state index contributed by atoms with van der Waals surface area (Å²) in [6, 6.07) is 13.4. The Balaban J connectivity index is 1.43. The van der Waals surface area contributed by atoms with E-state index in [2.05, 4.69) is 20.8 Å². The van der Waals surface area contributed by atoms with Crippen LogP contribution < -0.4 is 14.4 Å². The van der Waals surface area contributed by atoms with Crippen molar-refractivity contribution in [3.05, 3.63) is 53.8 Å². The maximum atomic E-state index is 14.3. The van der Waals surface area contributed by atoms with Crippen LogP contribution in [0.3, 0.4) is 0 Å². The largest absolute Gasteiger partial charge is 0.493 e. The van der Waals surface area contributed by atoms with Gasteiger partial charge in [-0.3, -0.25) is 14.6 Å². The highest BCUT2D eigenvalue weighted by atomic mass is 19.1. The molecule has 36 heavy (non-hydrogen) atoms. The van der Waals surface area contributed by atoms with Crippen molar-refractivity contribution >= 4 is 11.7 Å². The van der Waals surface area contributed by atoms with Gasteiger partial charge in [-0.25, -0.2) is 4.39 Å². The molecular formula is C28H38FN3O4. The van der Waals surface area contributed by atoms with E-state index in [1.165, 1.54) is 13.2 Å². The summed E-state index contributed by atoms with van der Waals surface area (Å²) in [4.78, 5) is 19.1. The number of methoxy groups -OCH3 is 3. The molecule has 0 radical (unpaired) electrons. The predicted molar refractivity (Wildman–Crippen MR) is 138 cm³/mol. The van der Waals surface area contributed by atoms with Crippen molar-refractivity contribution < 1.29 is 23.4 Å². The van der Waals surface area contributed by atoms with Gasteiger partial charge in [0.25, 0.3) is 0 Å². The van der Waals surface area contributed by atoms with Crippen LogP contribution in [0.1, 0.15) is 24.8 Å². The Labute approximate surface area is 213 Å². The number of rotatable bonds is 9. The molecule has 2 aliphatic heterocycles. The lowest BCUT2D eigenvalue weighted by atomic mass is 9.86. The Morgan fingerprint density at radius 2 is 1.75 bits per heavy atom. The number of anilines is 1. The summed E-state index contributed by atoms with van der Waals surface area (Å²) < 4.78 is 30.4. The Hall–Kier alpha value is -2.84. The van der Waals surface area contributed by atoms with E-state index in [0.29, 0.717) is 24.1 Å². The zero-order valence-corrected chi connectivity index (χ0v) is 21.6. The fourth-order valence-corrected chi connectivity index (χ4v) is 5.73. The molecule has 196 valence electrons. The third-order valence-electron chi connectivity index (χ3n) is 7.58. The summed E-state index contributed by atoms with van der Waals surface area (Å²) in [7, 11) is 4.78. The molecule has 2 saturated heterocycles. The fraction of sp³-hybridized carbons (Fsp3) is 0.536. The van der Waals surface area contributed by atoms with E-state index in [1.807, 2.05) is 24.3 Å². The number of ether oxygens (including phenoxy) is 3. The highest BCUT2D eigenvalue weighted by Crippen LogP contribution is 2.34. The van der Waals surface area contributed by atoms with E-state index in [4.69, 9.17) is 14.2 Å². The SMILES string of the molecule is COC(=O)CC[C@@H]1CN(Cc2cccc(OC)c2OC)CC[C@@H]1N1CCN(c2ccccc2F)CC1. The van der Waals surface area contributed by atoms with E-state index in [9.17, 15) is 9.18 Å². The number of para-hydroxylation sites is 2. The third-order valence-corrected chi connectivity index (χ3v) is 7.58. The molecule has 7 nitrogen and oxygen atoms in total. The normalized spacial score (nSPS) is 21.3. The molecule has 0 N–H and O–H groups in total. The molecule has 2 aromatic carbocycles. The fourth-order valence-electron chi connectivity index (χ4n) is 5.73. The number of nitrogens with zero attached hydrogens (tertiary/aromatic N) is 3. The highest BCUT2D eigenvalue weighted by molar-refractivity contribution is 5.69. The van der Waals surface area contributed by atoms with Gasteiger partial charge in [0.15, 0.2) is 11.5 Å². The lowest BCUT2D eigenvalue weighted by molar-refractivity contribution is -0.141. The number of carbonyl (C=O) groups excluding carboxylic acids is 1. The number of carbonyl (C=O) groups is 1. The molecule has 2 heterocycles. The lowest BCUT2D eigenvalue weighted by Crippen LogP contribution is -2.56. The number of hydrogen-bond donors (Lipinski definition) is 0. The molecule has 2 aromatic rings. The summed E-state index contributed by atoms with van der Waals surface area (Å²) in [6.45, 7) is 6.00. The molecule has 2 atom stereocenters. The first kappa shape index (κ1) is 26.2. The smallest absolute Gasteiger partial charge is 0.305 e. The van der Waals surface area contributed by atoms with Crippen LogP contribution >= 0.6 is 0 Å². The van der Waals surface area contributed by atoms with Crippen LogP contribution in [-0.2, 0) is 16.1 Å². The predicted octanol–water partition coefficient (Wildman–Crippen LogP) is 3.81. The minimum Gasteiger partial charge on any atom is -0.493 e. The monoisotopic (exact) mass is 499 g/mol. The van der Waals surface area contributed by atoms with Gasteiger partial charge in [-0.2, -0.15) is 0 Å². The Kier molecular flexibility index (Phi) is 9.04. The molecule has 0 aliphatic carbocycles. The average Bonchev–Trinajstić information content (AvgIpc) is 2.92. The molecule has 0 unspecified atom stereocenters.